The van der Waals surface area contributed by atoms with E-state index < -0.39 is 14.5 Å². The van der Waals surface area contributed by atoms with Crippen LogP contribution in [-0.4, -0.2) is 22.7 Å². The molecule has 0 aliphatic heterocycles. The molecule has 0 aromatic rings. The quantitative estimate of drug-likeness (QED) is 0.342. The van der Waals surface area contributed by atoms with Crippen LogP contribution < -0.4 is 5.90 Å². The van der Waals surface area contributed by atoms with Crippen LogP contribution in [0.2, 0.25) is 0 Å². The average Bonchev–Trinajstić information content (AvgIpc) is 1.35. The van der Waals surface area contributed by atoms with Crippen LogP contribution in [0.15, 0.2) is 0 Å². The maximum Gasteiger partial charge on any atom is 0 e. The molecule has 7 heavy (non-hydrogen) atoms. The summed E-state index contributed by atoms with van der Waals surface area (Å²) in [6, 6.07) is 0. The third kappa shape index (κ3) is 10.8. The molecule has 0 saturated heterocycles. The van der Waals surface area contributed by atoms with E-state index in [-0.39, 0.29) is 17.1 Å². The second-order valence-corrected chi connectivity index (χ2v) is 3.10. The third-order valence-electron chi connectivity index (χ3n) is 0.137. The van der Waals surface area contributed by atoms with Gasteiger partial charge in [0.05, 0.1) is 0 Å². The Labute approximate surface area is 53.6 Å². The molecule has 0 atom stereocenters. The monoisotopic (exact) mass is 220 g/mol. The van der Waals surface area contributed by atoms with Crippen LogP contribution in [0.3, 0.4) is 0 Å². The van der Waals surface area contributed by atoms with Gasteiger partial charge in [-0.25, -0.2) is 0 Å². The summed E-state index contributed by atoms with van der Waals surface area (Å²) < 4.78 is 27.9. The van der Waals surface area contributed by atoms with Crippen molar-refractivity contribution in [2.75, 3.05) is 0 Å². The molecular weight excluding hydrogens is 216 g/mol. The van der Waals surface area contributed by atoms with Crippen molar-refractivity contribution in [3.63, 3.8) is 0 Å². The molecule has 0 aromatic carbocycles. The normalized spacial score (nSPS) is 10.1. The summed E-state index contributed by atoms with van der Waals surface area (Å²) in [5.74, 6) is 4.07. The molecule has 0 saturated carbocycles. The molecule has 0 heterocycles. The summed E-state index contributed by atoms with van der Waals surface area (Å²) in [6.07, 6.45) is 0. The second kappa shape index (κ2) is 3.69. The first-order chi connectivity index (χ1) is 2.56. The van der Waals surface area contributed by atoms with Gasteiger partial charge in [-0.3, -0.25) is 0 Å². The summed E-state index contributed by atoms with van der Waals surface area (Å²) in [4.78, 5) is 0. The standard InChI is InChI=1S/AsH4NO4.Cu/c2-6-1(3,4)5;/h2H2,(H2,3,4,5);. The van der Waals surface area contributed by atoms with Crippen molar-refractivity contribution >= 4 is 14.5 Å². The van der Waals surface area contributed by atoms with Gasteiger partial charge in [-0.15, -0.1) is 0 Å². The Morgan fingerprint density at radius 2 is 1.71 bits per heavy atom. The fraction of sp³-hybridized carbons (Fsp3) is 0. The number of rotatable bonds is 1. The van der Waals surface area contributed by atoms with Crippen molar-refractivity contribution in [2.45, 2.75) is 0 Å². The van der Waals surface area contributed by atoms with Crippen LogP contribution in [0.4, 0.5) is 0 Å². The van der Waals surface area contributed by atoms with Crippen molar-refractivity contribution in [3.05, 3.63) is 0 Å². The van der Waals surface area contributed by atoms with E-state index in [0.29, 0.717) is 0 Å². The summed E-state index contributed by atoms with van der Waals surface area (Å²) in [5.41, 5.74) is 0. The molecule has 4 N–H and O–H groups in total. The minimum atomic E-state index is -4.88. The van der Waals surface area contributed by atoms with Gasteiger partial charge in [0.25, 0.3) is 0 Å². The molecular formula is H4AsCuNO4. The van der Waals surface area contributed by atoms with Gasteiger partial charge < -0.3 is 0 Å². The van der Waals surface area contributed by atoms with E-state index in [4.69, 9.17) is 8.19 Å². The van der Waals surface area contributed by atoms with Crippen molar-refractivity contribution in [2.24, 2.45) is 5.90 Å². The van der Waals surface area contributed by atoms with E-state index in [1.54, 1.807) is 0 Å². The molecule has 0 rings (SSSR count). The van der Waals surface area contributed by atoms with Crippen LogP contribution in [0.5, 0.6) is 0 Å². The van der Waals surface area contributed by atoms with Crippen molar-refractivity contribution in [3.8, 4) is 0 Å². The average molecular weight is 221 g/mol. The predicted molar refractivity (Wildman–Crippen MR) is 16.2 cm³/mol. The third-order valence-corrected chi connectivity index (χ3v) is 0.714. The van der Waals surface area contributed by atoms with Crippen molar-refractivity contribution < 1.29 is 32.8 Å². The number of hydrogen-bond donors (Lipinski definition) is 3. The van der Waals surface area contributed by atoms with E-state index >= 15 is 0 Å². The van der Waals surface area contributed by atoms with Gasteiger partial charge in [0, 0.05) is 17.1 Å². The number of hydrogen-bond acceptors (Lipinski definition) is 3. The van der Waals surface area contributed by atoms with Gasteiger partial charge in [0.2, 0.25) is 0 Å². The predicted octanol–water partition coefficient (Wildman–Crippen LogP) is -2.28. The largest absolute Gasteiger partial charge is 0 e. The summed E-state index contributed by atoms with van der Waals surface area (Å²) in [7, 11) is 0. The maximum absolute atomic E-state index is 9.41. The van der Waals surface area contributed by atoms with Crippen LogP contribution in [-0.2, 0) is 24.6 Å². The van der Waals surface area contributed by atoms with E-state index in [0.717, 1.165) is 0 Å². The molecule has 0 amide bonds. The fourth-order valence-corrected chi connectivity index (χ4v) is 0. The van der Waals surface area contributed by atoms with Gasteiger partial charge in [-0.05, 0) is 0 Å². The number of nitrogens with two attached hydrogens (primary N) is 1. The van der Waals surface area contributed by atoms with Crippen molar-refractivity contribution in [1.29, 1.82) is 0 Å². The molecule has 1 radical (unpaired) electrons. The maximum atomic E-state index is 9.41. The Hall–Kier alpha value is 0.718. The molecule has 0 bridgehead atoms. The van der Waals surface area contributed by atoms with Crippen LogP contribution in [0, 0.1) is 0 Å². The first-order valence-electron chi connectivity index (χ1n) is 1.00. The first-order valence-corrected chi connectivity index (χ1v) is 4.21. The van der Waals surface area contributed by atoms with E-state index in [2.05, 4.69) is 9.72 Å². The Bertz CT molecular complexity index is 75.8. The summed E-state index contributed by atoms with van der Waals surface area (Å²) >= 11 is -4.88. The summed E-state index contributed by atoms with van der Waals surface area (Å²) in [5, 5.41) is 0. The Morgan fingerprint density at radius 3 is 1.71 bits per heavy atom. The first kappa shape index (κ1) is 10.7. The minimum Gasteiger partial charge on any atom is 0 e. The molecule has 0 aromatic heterocycles. The Kier molecular flexibility index (Phi) is 5.61. The van der Waals surface area contributed by atoms with Gasteiger partial charge in [0.1, 0.15) is 0 Å². The zero-order chi connectivity index (χ0) is 5.21. The SMILES string of the molecule is NO[As](=O)(O)O.[Cu]. The Balaban J connectivity index is 0. The molecule has 49 valence electrons. The van der Waals surface area contributed by atoms with Gasteiger partial charge in [-0.1, -0.05) is 0 Å². The van der Waals surface area contributed by atoms with Crippen LogP contribution in [0.25, 0.3) is 0 Å². The Morgan fingerprint density at radius 1 is 1.57 bits per heavy atom. The smallest absolute Gasteiger partial charge is 0 e. The molecule has 5 nitrogen and oxygen atoms in total. The zero-order valence-electron chi connectivity index (χ0n) is 3.04. The van der Waals surface area contributed by atoms with Crippen LogP contribution >= 0.6 is 0 Å². The molecule has 0 spiro atoms. The van der Waals surface area contributed by atoms with Gasteiger partial charge >= 0.3 is 36.2 Å². The molecule has 0 unspecified atom stereocenters. The fourth-order valence-electron chi connectivity index (χ4n) is 0. The van der Waals surface area contributed by atoms with Gasteiger partial charge in [0.15, 0.2) is 0 Å². The zero-order valence-corrected chi connectivity index (χ0v) is 5.86. The minimum absolute atomic E-state index is 0. The van der Waals surface area contributed by atoms with E-state index in [1.807, 2.05) is 0 Å². The molecule has 0 fully saturated rings. The second-order valence-electron chi connectivity index (χ2n) is 0.596. The van der Waals surface area contributed by atoms with Crippen LogP contribution in [0.1, 0.15) is 0 Å². The molecule has 0 aliphatic rings. The molecule has 7 heteroatoms. The van der Waals surface area contributed by atoms with Crippen molar-refractivity contribution in [1.82, 2.24) is 0 Å². The molecule has 0 aliphatic carbocycles. The summed E-state index contributed by atoms with van der Waals surface area (Å²) in [6.45, 7) is 0. The van der Waals surface area contributed by atoms with E-state index in [1.165, 1.54) is 0 Å². The topological polar surface area (TPSA) is 92.8 Å². The van der Waals surface area contributed by atoms with E-state index in [9.17, 15) is 3.74 Å². The van der Waals surface area contributed by atoms with Gasteiger partial charge in [-0.2, -0.15) is 0 Å².